The van der Waals surface area contributed by atoms with E-state index in [4.69, 9.17) is 4.52 Å². The van der Waals surface area contributed by atoms with Crippen molar-refractivity contribution in [3.63, 3.8) is 0 Å². The highest BCUT2D eigenvalue weighted by Gasteiger charge is 2.28. The predicted molar refractivity (Wildman–Crippen MR) is 90.1 cm³/mol. The Morgan fingerprint density at radius 2 is 2.32 bits per heavy atom. The second-order valence-electron chi connectivity index (χ2n) is 6.37. The van der Waals surface area contributed by atoms with Gasteiger partial charge < -0.3 is 19.6 Å². The highest BCUT2D eigenvalue weighted by Crippen LogP contribution is 2.26. The summed E-state index contributed by atoms with van der Waals surface area (Å²) in [5, 5.41) is 23.1. The largest absolute Gasteiger partial charge is 0.465 e. The summed E-state index contributed by atoms with van der Waals surface area (Å²) in [6.45, 7) is 3.57. The number of hydrogen-bond donors (Lipinski definition) is 2. The number of amides is 1. The van der Waals surface area contributed by atoms with Gasteiger partial charge in [0.1, 0.15) is 0 Å². The third-order valence-corrected chi connectivity index (χ3v) is 4.51. The first-order chi connectivity index (χ1) is 11.9. The summed E-state index contributed by atoms with van der Waals surface area (Å²) >= 11 is 0. The van der Waals surface area contributed by atoms with Gasteiger partial charge in [0.15, 0.2) is 0 Å². The van der Waals surface area contributed by atoms with Gasteiger partial charge in [0, 0.05) is 39.2 Å². The minimum atomic E-state index is -0.995. The van der Waals surface area contributed by atoms with Crippen molar-refractivity contribution in [2.75, 3.05) is 26.7 Å². The first-order valence-corrected chi connectivity index (χ1v) is 8.21. The van der Waals surface area contributed by atoms with Crippen LogP contribution in [0.2, 0.25) is 0 Å². The molecule has 1 aromatic heterocycles. The summed E-state index contributed by atoms with van der Waals surface area (Å²) in [5.74, 6) is 0.957. The number of rotatable bonds is 5. The predicted octanol–water partition coefficient (Wildman–Crippen LogP) is 1.76. The Morgan fingerprint density at radius 3 is 2.92 bits per heavy atom. The number of hydrogen-bond acceptors (Lipinski definition) is 6. The van der Waals surface area contributed by atoms with Crippen LogP contribution in [-0.2, 0) is 0 Å². The molecule has 1 aromatic carbocycles. The Kier molecular flexibility index (Phi) is 5.00. The molecule has 1 aliphatic rings. The Balaban J connectivity index is 1.88. The Bertz CT molecular complexity index is 748. The quantitative estimate of drug-likeness (QED) is 0.850. The number of nitrogens with zero attached hydrogens (tertiary/aromatic N) is 4. The van der Waals surface area contributed by atoms with Crippen molar-refractivity contribution in [2.45, 2.75) is 25.5 Å². The molecule has 1 saturated heterocycles. The van der Waals surface area contributed by atoms with Gasteiger partial charge in [0.25, 0.3) is 0 Å². The lowest BCUT2D eigenvalue weighted by Gasteiger charge is -2.30. The third-order valence-electron chi connectivity index (χ3n) is 4.51. The van der Waals surface area contributed by atoms with Crippen molar-refractivity contribution in [1.29, 1.82) is 0 Å². The summed E-state index contributed by atoms with van der Waals surface area (Å²) in [6.07, 6.45) is -0.624. The molecule has 2 heterocycles. The molecule has 1 amide bonds. The van der Waals surface area contributed by atoms with E-state index >= 15 is 0 Å². The first-order valence-electron chi connectivity index (χ1n) is 8.21. The van der Waals surface area contributed by atoms with E-state index < -0.39 is 6.09 Å². The summed E-state index contributed by atoms with van der Waals surface area (Å²) in [5.41, 5.74) is 1.63. The van der Waals surface area contributed by atoms with E-state index in [1.54, 1.807) is 14.0 Å². The Labute approximate surface area is 145 Å². The van der Waals surface area contributed by atoms with Crippen LogP contribution in [0.1, 0.15) is 23.9 Å². The van der Waals surface area contributed by atoms with E-state index in [0.717, 1.165) is 17.7 Å². The molecule has 1 unspecified atom stereocenters. The average Bonchev–Trinajstić information content (AvgIpc) is 3.20. The van der Waals surface area contributed by atoms with E-state index in [-0.39, 0.29) is 12.1 Å². The fourth-order valence-corrected chi connectivity index (χ4v) is 3.11. The van der Waals surface area contributed by atoms with Gasteiger partial charge in [-0.15, -0.1) is 0 Å². The number of carbonyl (C=O) groups is 1. The van der Waals surface area contributed by atoms with Crippen molar-refractivity contribution in [1.82, 2.24) is 19.9 Å². The number of likely N-dealkylation sites (N-methyl/N-ethyl adjacent to an activating group) is 1. The van der Waals surface area contributed by atoms with E-state index in [1.807, 2.05) is 24.3 Å². The van der Waals surface area contributed by atoms with Crippen molar-refractivity contribution < 1.29 is 19.5 Å². The third kappa shape index (κ3) is 3.97. The zero-order chi connectivity index (χ0) is 18.0. The van der Waals surface area contributed by atoms with Crippen LogP contribution in [0.25, 0.3) is 11.4 Å². The molecule has 0 spiro atoms. The van der Waals surface area contributed by atoms with Gasteiger partial charge in [-0.25, -0.2) is 4.79 Å². The van der Waals surface area contributed by atoms with Gasteiger partial charge in [-0.05, 0) is 18.1 Å². The van der Waals surface area contributed by atoms with Crippen LogP contribution in [0, 0.1) is 6.92 Å². The minimum Gasteiger partial charge on any atom is -0.465 e. The topological polar surface area (TPSA) is 103 Å². The smallest absolute Gasteiger partial charge is 0.407 e. The molecular weight excluding hydrogens is 324 g/mol. The van der Waals surface area contributed by atoms with Crippen molar-refractivity contribution in [3.8, 4) is 11.4 Å². The summed E-state index contributed by atoms with van der Waals surface area (Å²) < 4.78 is 5.02. The number of β-amino-alcohol motifs (C(OH)–C–C–N with tert-alkyl or cyclic N) is 1. The Morgan fingerprint density at radius 1 is 1.52 bits per heavy atom. The summed E-state index contributed by atoms with van der Waals surface area (Å²) in [4.78, 5) is 19.1. The highest BCUT2D eigenvalue weighted by atomic mass is 16.5. The molecule has 0 aliphatic carbocycles. The first kappa shape index (κ1) is 17.4. The van der Waals surface area contributed by atoms with Gasteiger partial charge in [-0.3, -0.25) is 4.90 Å². The number of aryl methyl sites for hydroxylation is 1. The van der Waals surface area contributed by atoms with Crippen molar-refractivity contribution in [3.05, 3.63) is 35.7 Å². The molecule has 2 aromatic rings. The SMILES string of the molecule is Cc1nc(-c2cccc([C@@H](CN3CCC(O)C3)N(C)C(=O)O)c2)no1. The molecule has 2 N–H and O–H groups in total. The number of likely N-dealkylation sites (tertiary alicyclic amines) is 1. The maximum Gasteiger partial charge on any atom is 0.407 e. The molecule has 25 heavy (non-hydrogen) atoms. The maximum atomic E-state index is 11.5. The fraction of sp³-hybridized carbons (Fsp3) is 0.471. The van der Waals surface area contributed by atoms with Gasteiger partial charge in [0.2, 0.25) is 11.7 Å². The van der Waals surface area contributed by atoms with Crippen LogP contribution in [0.5, 0.6) is 0 Å². The lowest BCUT2D eigenvalue weighted by Crippen LogP contribution is -2.38. The van der Waals surface area contributed by atoms with Gasteiger partial charge in [0.05, 0.1) is 12.1 Å². The number of aliphatic hydroxyl groups excluding tert-OH is 1. The lowest BCUT2D eigenvalue weighted by atomic mass is 10.0. The molecule has 1 fully saturated rings. The molecule has 2 atom stereocenters. The molecule has 134 valence electrons. The lowest BCUT2D eigenvalue weighted by molar-refractivity contribution is 0.120. The van der Waals surface area contributed by atoms with Crippen molar-refractivity contribution >= 4 is 6.09 Å². The van der Waals surface area contributed by atoms with Crippen LogP contribution < -0.4 is 0 Å². The minimum absolute atomic E-state index is 0.343. The van der Waals surface area contributed by atoms with Crippen molar-refractivity contribution in [2.24, 2.45) is 0 Å². The van der Waals surface area contributed by atoms with Crippen LogP contribution in [0.4, 0.5) is 4.79 Å². The number of carboxylic acid groups (broad SMARTS) is 1. The van der Waals surface area contributed by atoms with Gasteiger partial charge in [-0.1, -0.05) is 23.4 Å². The van der Waals surface area contributed by atoms with E-state index in [9.17, 15) is 15.0 Å². The van der Waals surface area contributed by atoms with E-state index in [0.29, 0.717) is 31.2 Å². The second kappa shape index (κ2) is 7.20. The van der Waals surface area contributed by atoms with E-state index in [1.165, 1.54) is 4.90 Å². The molecule has 0 radical (unpaired) electrons. The van der Waals surface area contributed by atoms with Crippen LogP contribution in [0.3, 0.4) is 0 Å². The molecule has 8 nitrogen and oxygen atoms in total. The van der Waals surface area contributed by atoms with E-state index in [2.05, 4.69) is 15.0 Å². The molecule has 0 saturated carbocycles. The molecule has 8 heteroatoms. The fourth-order valence-electron chi connectivity index (χ4n) is 3.11. The normalized spacial score (nSPS) is 19.1. The molecular formula is C17H22N4O4. The number of benzene rings is 1. The summed E-state index contributed by atoms with van der Waals surface area (Å²) in [7, 11) is 1.56. The second-order valence-corrected chi connectivity index (χ2v) is 6.37. The molecule has 3 rings (SSSR count). The number of aliphatic hydroxyl groups is 1. The zero-order valence-electron chi connectivity index (χ0n) is 14.3. The van der Waals surface area contributed by atoms with Crippen LogP contribution in [-0.4, -0.2) is 69.0 Å². The average molecular weight is 346 g/mol. The molecule has 1 aliphatic heterocycles. The zero-order valence-corrected chi connectivity index (χ0v) is 14.3. The monoisotopic (exact) mass is 346 g/mol. The van der Waals surface area contributed by atoms with Crippen LogP contribution >= 0.6 is 0 Å². The summed E-state index contributed by atoms with van der Waals surface area (Å²) in [6, 6.07) is 7.16. The maximum absolute atomic E-state index is 11.5. The van der Waals surface area contributed by atoms with Crippen LogP contribution in [0.15, 0.2) is 28.8 Å². The highest BCUT2D eigenvalue weighted by molar-refractivity contribution is 5.66. The Hall–Kier alpha value is -2.45. The van der Waals surface area contributed by atoms with Gasteiger partial charge in [-0.2, -0.15) is 4.98 Å². The number of aromatic nitrogens is 2. The molecule has 0 bridgehead atoms. The van der Waals surface area contributed by atoms with Gasteiger partial charge >= 0.3 is 6.09 Å². The standard InChI is InChI=1S/C17H22N4O4/c1-11-18-16(19-25-11)13-5-3-4-12(8-13)15(20(2)17(23)24)10-21-7-6-14(22)9-21/h3-5,8,14-15,22H,6-7,9-10H2,1-2H3,(H,23,24)/t14?,15-/m1/s1.